The number of fused-ring (bicyclic) bond motifs is 1. The van der Waals surface area contributed by atoms with Gasteiger partial charge in [-0.2, -0.15) is 0 Å². The number of nitrogens with zero attached hydrogens (tertiary/aromatic N) is 2. The fourth-order valence-electron chi connectivity index (χ4n) is 2.63. The molecule has 0 spiro atoms. The number of likely N-dealkylation sites (N-methyl/N-ethyl adjacent to an activating group) is 1. The molecule has 0 amide bonds. The molecule has 0 fully saturated rings. The summed E-state index contributed by atoms with van der Waals surface area (Å²) in [5.74, 6) is 0.572. The predicted molar refractivity (Wildman–Crippen MR) is 105 cm³/mol. The van der Waals surface area contributed by atoms with E-state index in [9.17, 15) is 8.42 Å². The lowest BCUT2D eigenvalue weighted by Gasteiger charge is -2.14. The number of hydrogen-bond donors (Lipinski definition) is 0. The first-order chi connectivity index (χ1) is 12.3. The van der Waals surface area contributed by atoms with Crippen molar-refractivity contribution in [2.75, 3.05) is 27.2 Å². The van der Waals surface area contributed by atoms with Crippen molar-refractivity contribution in [3.8, 4) is 5.75 Å². The number of ether oxygens (including phenoxy) is 1. The predicted octanol–water partition coefficient (Wildman–Crippen LogP) is 3.78. The molecule has 0 radical (unpaired) electrons. The Bertz CT molecular complexity index is 1040. The lowest BCUT2D eigenvalue weighted by molar-refractivity contribution is 0.259. The van der Waals surface area contributed by atoms with E-state index in [1.165, 1.54) is 3.97 Å². The van der Waals surface area contributed by atoms with Gasteiger partial charge in [0.25, 0.3) is 10.0 Å². The molecular formula is C19H21ClN2O3S. The Kier molecular flexibility index (Phi) is 5.27. The summed E-state index contributed by atoms with van der Waals surface area (Å²) in [5.41, 5.74) is 1.44. The fraction of sp³-hybridized carbons (Fsp3) is 0.263. The molecule has 0 aliphatic heterocycles. The van der Waals surface area contributed by atoms with Gasteiger partial charge in [-0.3, -0.25) is 0 Å². The lowest BCUT2D eigenvalue weighted by Crippen LogP contribution is -2.20. The van der Waals surface area contributed by atoms with Gasteiger partial charge >= 0.3 is 0 Å². The van der Waals surface area contributed by atoms with Gasteiger partial charge in [-0.05, 0) is 50.8 Å². The zero-order valence-corrected chi connectivity index (χ0v) is 16.5. The number of aromatic nitrogens is 1. The summed E-state index contributed by atoms with van der Waals surface area (Å²) in [6, 6.07) is 11.9. The molecular weight excluding hydrogens is 372 g/mol. The standard InChI is InChI=1S/C19H21ClN2O3S/c1-14-4-7-17(13-19(14)25-11-10-21(2)3)26(23,24)22-9-8-15-5-6-16(20)12-18(15)22/h4-9,12-13H,10-11H2,1-3H3. The van der Waals surface area contributed by atoms with Crippen molar-refractivity contribution >= 4 is 32.5 Å². The Morgan fingerprint density at radius 1 is 1.12 bits per heavy atom. The molecule has 7 heteroatoms. The summed E-state index contributed by atoms with van der Waals surface area (Å²) in [4.78, 5) is 2.19. The third-order valence-corrected chi connectivity index (χ3v) is 6.05. The highest BCUT2D eigenvalue weighted by molar-refractivity contribution is 7.90. The maximum absolute atomic E-state index is 13.1. The Morgan fingerprint density at radius 3 is 2.62 bits per heavy atom. The maximum atomic E-state index is 13.1. The van der Waals surface area contributed by atoms with Crippen LogP contribution in [0.4, 0.5) is 0 Å². The molecule has 0 N–H and O–H groups in total. The van der Waals surface area contributed by atoms with Gasteiger partial charge in [0.15, 0.2) is 0 Å². The average Bonchev–Trinajstić information content (AvgIpc) is 2.99. The summed E-state index contributed by atoms with van der Waals surface area (Å²) in [7, 11) is 0.163. The Labute approximate surface area is 158 Å². The molecule has 5 nitrogen and oxygen atoms in total. The summed E-state index contributed by atoms with van der Waals surface area (Å²) in [6.45, 7) is 3.13. The van der Waals surface area contributed by atoms with Crippen molar-refractivity contribution < 1.29 is 13.2 Å². The van der Waals surface area contributed by atoms with Crippen LogP contribution in [0.15, 0.2) is 53.6 Å². The van der Waals surface area contributed by atoms with Gasteiger partial charge < -0.3 is 9.64 Å². The van der Waals surface area contributed by atoms with Crippen LogP contribution in [-0.4, -0.2) is 44.5 Å². The molecule has 0 unspecified atom stereocenters. The van der Waals surface area contributed by atoms with Crippen LogP contribution >= 0.6 is 11.6 Å². The monoisotopic (exact) mass is 392 g/mol. The van der Waals surface area contributed by atoms with E-state index in [0.29, 0.717) is 22.9 Å². The first-order valence-electron chi connectivity index (χ1n) is 8.19. The molecule has 0 saturated carbocycles. The molecule has 3 aromatic rings. The van der Waals surface area contributed by atoms with Crippen molar-refractivity contribution in [3.63, 3.8) is 0 Å². The van der Waals surface area contributed by atoms with Crippen LogP contribution in [0.1, 0.15) is 5.56 Å². The van der Waals surface area contributed by atoms with Crippen molar-refractivity contribution in [1.82, 2.24) is 8.87 Å². The number of benzene rings is 2. The van der Waals surface area contributed by atoms with Gasteiger partial charge in [-0.25, -0.2) is 12.4 Å². The van der Waals surface area contributed by atoms with E-state index in [-0.39, 0.29) is 4.90 Å². The Hall–Kier alpha value is -2.02. The van der Waals surface area contributed by atoms with E-state index >= 15 is 0 Å². The van der Waals surface area contributed by atoms with E-state index < -0.39 is 10.0 Å². The Balaban J connectivity index is 2.00. The number of halogens is 1. The van der Waals surface area contributed by atoms with Crippen LogP contribution in [-0.2, 0) is 10.0 Å². The normalized spacial score (nSPS) is 12.0. The summed E-state index contributed by atoms with van der Waals surface area (Å²) < 4.78 is 33.3. The second-order valence-electron chi connectivity index (χ2n) is 6.40. The first kappa shape index (κ1) is 18.8. The van der Waals surface area contributed by atoms with Crippen LogP contribution in [0.5, 0.6) is 5.75 Å². The van der Waals surface area contributed by atoms with Crippen LogP contribution in [0.2, 0.25) is 5.02 Å². The molecule has 0 aliphatic carbocycles. The molecule has 0 saturated heterocycles. The number of rotatable bonds is 6. The molecule has 138 valence electrons. The maximum Gasteiger partial charge on any atom is 0.268 e. The highest BCUT2D eigenvalue weighted by Crippen LogP contribution is 2.28. The van der Waals surface area contributed by atoms with E-state index in [1.807, 2.05) is 25.9 Å². The van der Waals surface area contributed by atoms with Crippen LogP contribution in [0.25, 0.3) is 10.9 Å². The average molecular weight is 393 g/mol. The largest absolute Gasteiger partial charge is 0.492 e. The molecule has 1 heterocycles. The van der Waals surface area contributed by atoms with E-state index in [1.54, 1.807) is 48.7 Å². The molecule has 0 atom stereocenters. The van der Waals surface area contributed by atoms with Crippen LogP contribution in [0.3, 0.4) is 0 Å². The van der Waals surface area contributed by atoms with Crippen molar-refractivity contribution in [3.05, 3.63) is 59.2 Å². The zero-order chi connectivity index (χ0) is 18.9. The second-order valence-corrected chi connectivity index (χ2v) is 8.65. The molecule has 0 aliphatic rings. The molecule has 0 bridgehead atoms. The van der Waals surface area contributed by atoms with E-state index in [0.717, 1.165) is 17.5 Å². The molecule has 26 heavy (non-hydrogen) atoms. The minimum Gasteiger partial charge on any atom is -0.492 e. The lowest BCUT2D eigenvalue weighted by atomic mass is 10.2. The molecule has 2 aromatic carbocycles. The minimum absolute atomic E-state index is 0.181. The second kappa shape index (κ2) is 7.31. The topological polar surface area (TPSA) is 51.5 Å². The molecule has 1 aromatic heterocycles. The smallest absolute Gasteiger partial charge is 0.268 e. The quantitative estimate of drug-likeness (QED) is 0.640. The van der Waals surface area contributed by atoms with Gasteiger partial charge in [0, 0.05) is 29.2 Å². The third-order valence-electron chi connectivity index (χ3n) is 4.13. The zero-order valence-electron chi connectivity index (χ0n) is 14.9. The molecule has 3 rings (SSSR count). The highest BCUT2D eigenvalue weighted by atomic mass is 35.5. The first-order valence-corrected chi connectivity index (χ1v) is 10.0. The van der Waals surface area contributed by atoms with Gasteiger partial charge in [0.1, 0.15) is 12.4 Å². The number of aryl methyl sites for hydroxylation is 1. The van der Waals surface area contributed by atoms with Gasteiger partial charge in [0.05, 0.1) is 10.4 Å². The van der Waals surface area contributed by atoms with Crippen molar-refractivity contribution in [2.45, 2.75) is 11.8 Å². The van der Waals surface area contributed by atoms with Crippen LogP contribution in [0, 0.1) is 6.92 Å². The van der Waals surface area contributed by atoms with E-state index in [2.05, 4.69) is 0 Å². The minimum atomic E-state index is -3.75. The van der Waals surface area contributed by atoms with Crippen molar-refractivity contribution in [2.24, 2.45) is 0 Å². The summed E-state index contributed by atoms with van der Waals surface area (Å²) in [6.07, 6.45) is 1.54. The van der Waals surface area contributed by atoms with Gasteiger partial charge in [-0.15, -0.1) is 0 Å². The number of hydrogen-bond acceptors (Lipinski definition) is 4. The highest BCUT2D eigenvalue weighted by Gasteiger charge is 2.20. The SMILES string of the molecule is Cc1ccc(S(=O)(=O)n2ccc3ccc(Cl)cc32)cc1OCCN(C)C. The van der Waals surface area contributed by atoms with Crippen molar-refractivity contribution in [1.29, 1.82) is 0 Å². The fourth-order valence-corrected chi connectivity index (χ4v) is 4.16. The summed E-state index contributed by atoms with van der Waals surface area (Å²) >= 11 is 6.04. The third kappa shape index (κ3) is 3.72. The van der Waals surface area contributed by atoms with E-state index in [4.69, 9.17) is 16.3 Å². The Morgan fingerprint density at radius 2 is 1.88 bits per heavy atom. The van der Waals surface area contributed by atoms with Gasteiger partial charge in [0.2, 0.25) is 0 Å². The van der Waals surface area contributed by atoms with Gasteiger partial charge in [-0.1, -0.05) is 23.7 Å². The summed E-state index contributed by atoms with van der Waals surface area (Å²) in [5, 5.41) is 1.30. The van der Waals surface area contributed by atoms with Crippen LogP contribution < -0.4 is 4.74 Å².